The van der Waals surface area contributed by atoms with Crippen molar-refractivity contribution >= 4 is 35.5 Å². The van der Waals surface area contributed by atoms with Crippen LogP contribution in [0.3, 0.4) is 0 Å². The van der Waals surface area contributed by atoms with Gasteiger partial charge < -0.3 is 54.7 Å². The van der Waals surface area contributed by atoms with Crippen LogP contribution in [0.15, 0.2) is 30.3 Å². The molecule has 1 aromatic carbocycles. The van der Waals surface area contributed by atoms with Crippen molar-refractivity contribution in [1.82, 2.24) is 0 Å². The quantitative estimate of drug-likeness (QED) is 0.150. The van der Waals surface area contributed by atoms with E-state index in [0.29, 0.717) is 0 Å². The second kappa shape index (κ2) is 11.6. The Kier molecular flexibility index (Phi) is 10.00. The van der Waals surface area contributed by atoms with Crippen molar-refractivity contribution in [3.8, 4) is 0 Å². The van der Waals surface area contributed by atoms with Crippen LogP contribution < -0.4 is 0 Å². The number of carbonyl (C=O) groups is 1. The van der Waals surface area contributed by atoms with E-state index in [0.717, 1.165) is 0 Å². The molecule has 0 spiro atoms. The summed E-state index contributed by atoms with van der Waals surface area (Å²) in [6.45, 7) is -2.21. The molecule has 2 aliphatic heterocycles. The van der Waals surface area contributed by atoms with E-state index in [1.165, 1.54) is 12.1 Å². The van der Waals surface area contributed by atoms with Crippen molar-refractivity contribution in [3.05, 3.63) is 35.9 Å². The summed E-state index contributed by atoms with van der Waals surface area (Å²) in [7, 11) is 0. The maximum atomic E-state index is 12.1. The summed E-state index contributed by atoms with van der Waals surface area (Å²) in [5.41, 5.74) is 0.243. The first-order chi connectivity index (χ1) is 14.7. The van der Waals surface area contributed by atoms with Crippen LogP contribution in [0.25, 0.3) is 0 Å². The van der Waals surface area contributed by atoms with E-state index in [1.807, 2.05) is 0 Å². The molecule has 2 fully saturated rings. The molecule has 12 nitrogen and oxygen atoms in total. The van der Waals surface area contributed by atoms with Gasteiger partial charge in [-0.3, -0.25) is 0 Å². The summed E-state index contributed by atoms with van der Waals surface area (Å²) in [4.78, 5) is 12.1. The summed E-state index contributed by atoms with van der Waals surface area (Å²) < 4.78 is 21.1. The van der Waals surface area contributed by atoms with Crippen LogP contribution >= 0.6 is 0 Å². The van der Waals surface area contributed by atoms with E-state index in [9.17, 15) is 40.5 Å². The fourth-order valence-corrected chi connectivity index (χ4v) is 3.43. The molecule has 0 bridgehead atoms. The maximum absolute atomic E-state index is 12.1. The minimum absolute atomic E-state index is 0. The van der Waals surface area contributed by atoms with Crippen LogP contribution in [0.5, 0.6) is 0 Å². The Morgan fingerprint density at radius 1 is 0.938 bits per heavy atom. The van der Waals surface area contributed by atoms with E-state index in [4.69, 9.17) is 18.9 Å². The number of hydrogen-bond donors (Lipinski definition) is 7. The normalized spacial score (nSPS) is 39.3. The summed E-state index contributed by atoms with van der Waals surface area (Å²) >= 11 is 0. The topological polar surface area (TPSA) is 196 Å². The van der Waals surface area contributed by atoms with Gasteiger partial charge in [0.2, 0.25) is 5.79 Å². The molecule has 0 aliphatic carbocycles. The second-order valence-electron chi connectivity index (χ2n) is 7.34. The first-order valence-electron chi connectivity index (χ1n) is 9.59. The average Bonchev–Trinajstić information content (AvgIpc) is 3.04. The zero-order valence-corrected chi connectivity index (χ0v) is 16.3. The predicted octanol–water partition coefficient (Wildman–Crippen LogP) is -4.18. The monoisotopic (exact) mass is 470 g/mol. The average molecular weight is 470 g/mol. The van der Waals surface area contributed by atoms with Crippen molar-refractivity contribution in [2.45, 2.75) is 54.8 Å². The Morgan fingerprint density at radius 2 is 1.59 bits per heavy atom. The number of carbonyl (C=O) groups excluding carboxylic acids is 1. The third-order valence-corrected chi connectivity index (χ3v) is 5.28. The van der Waals surface area contributed by atoms with Crippen molar-refractivity contribution in [2.75, 3.05) is 19.8 Å². The number of benzene rings is 1. The van der Waals surface area contributed by atoms with E-state index >= 15 is 0 Å². The molecular formula is C19H27NaO12. The molecule has 3 rings (SSSR count). The van der Waals surface area contributed by atoms with Gasteiger partial charge in [0.25, 0.3) is 0 Å². The molecule has 13 heteroatoms. The number of rotatable bonds is 7. The van der Waals surface area contributed by atoms with Crippen LogP contribution in [0.1, 0.15) is 10.4 Å². The number of ether oxygens (including phenoxy) is 4. The van der Waals surface area contributed by atoms with Crippen LogP contribution in [-0.2, 0) is 18.9 Å². The number of aliphatic hydroxyl groups is 7. The summed E-state index contributed by atoms with van der Waals surface area (Å²) in [6, 6.07) is 7.98. The van der Waals surface area contributed by atoms with E-state index < -0.39 is 80.6 Å². The van der Waals surface area contributed by atoms with Crippen LogP contribution in [0, 0.1) is 0 Å². The molecule has 0 saturated carbocycles. The van der Waals surface area contributed by atoms with E-state index in [2.05, 4.69) is 0 Å². The molecule has 0 amide bonds. The van der Waals surface area contributed by atoms with Gasteiger partial charge >= 0.3 is 35.5 Å². The number of hydrogen-bond acceptors (Lipinski definition) is 12. The standard InChI is InChI=1S/C19H26O12.Na.H/c20-6-10-13(23)16(26)19(8-21,30-10)31-18-15(25)14(24)12(22)11(29-18)7-28-17(27)9-4-2-1-3-5-9;;/h1-5,10-16,18,20-26H,6-8H2;;/t10-,11-,12-,13-,14+,15-,16+,18-,19+;;/m1../s1. The van der Waals surface area contributed by atoms with Crippen LogP contribution in [0.4, 0.5) is 0 Å². The molecule has 9 atom stereocenters. The van der Waals surface area contributed by atoms with Gasteiger partial charge in [-0.05, 0) is 12.1 Å². The second-order valence-corrected chi connectivity index (χ2v) is 7.34. The Morgan fingerprint density at radius 3 is 2.16 bits per heavy atom. The fraction of sp³-hybridized carbons (Fsp3) is 0.632. The van der Waals surface area contributed by atoms with Gasteiger partial charge in [-0.25, -0.2) is 4.79 Å². The van der Waals surface area contributed by atoms with E-state index in [1.54, 1.807) is 18.2 Å². The van der Waals surface area contributed by atoms with Crippen molar-refractivity contribution < 1.29 is 59.5 Å². The van der Waals surface area contributed by atoms with E-state index in [-0.39, 0.29) is 35.1 Å². The Bertz CT molecular complexity index is 738. The number of esters is 1. The third-order valence-electron chi connectivity index (χ3n) is 5.28. The molecular weight excluding hydrogens is 443 g/mol. The fourth-order valence-electron chi connectivity index (χ4n) is 3.43. The zero-order valence-electron chi connectivity index (χ0n) is 16.3. The Hall–Kier alpha value is -0.710. The van der Waals surface area contributed by atoms with Gasteiger partial charge in [0.1, 0.15) is 55.9 Å². The van der Waals surface area contributed by atoms with Gasteiger partial charge in [-0.2, -0.15) is 0 Å². The Balaban J connectivity index is 0.00000363. The third kappa shape index (κ3) is 5.50. The molecule has 0 unspecified atom stereocenters. The summed E-state index contributed by atoms with van der Waals surface area (Å²) in [5.74, 6) is -3.00. The summed E-state index contributed by atoms with van der Waals surface area (Å²) in [5, 5.41) is 69.7. The van der Waals surface area contributed by atoms with Crippen LogP contribution in [-0.4, -0.2) is 146 Å². The van der Waals surface area contributed by atoms with Gasteiger partial charge in [-0.1, -0.05) is 18.2 Å². The van der Waals surface area contributed by atoms with Gasteiger partial charge in [0.15, 0.2) is 6.29 Å². The summed E-state index contributed by atoms with van der Waals surface area (Å²) in [6.07, 6.45) is -13.1. The first kappa shape index (κ1) is 27.5. The van der Waals surface area contributed by atoms with Gasteiger partial charge in [-0.15, -0.1) is 0 Å². The predicted molar refractivity (Wildman–Crippen MR) is 105 cm³/mol. The Labute approximate surface area is 205 Å². The zero-order chi connectivity index (χ0) is 22.8. The molecule has 0 radical (unpaired) electrons. The van der Waals surface area contributed by atoms with Gasteiger partial charge in [0, 0.05) is 0 Å². The molecule has 0 aromatic heterocycles. The van der Waals surface area contributed by atoms with Crippen LogP contribution in [0.2, 0.25) is 0 Å². The molecule has 176 valence electrons. The molecule has 2 saturated heterocycles. The molecule has 32 heavy (non-hydrogen) atoms. The van der Waals surface area contributed by atoms with Crippen molar-refractivity contribution in [2.24, 2.45) is 0 Å². The van der Waals surface area contributed by atoms with Crippen molar-refractivity contribution in [1.29, 1.82) is 0 Å². The van der Waals surface area contributed by atoms with Gasteiger partial charge in [0.05, 0.1) is 12.2 Å². The molecule has 2 heterocycles. The first-order valence-corrected chi connectivity index (χ1v) is 9.59. The minimum atomic E-state index is -2.29. The molecule has 7 N–H and O–H groups in total. The SMILES string of the molecule is O=C(OC[C@H]1O[C@H](O[C@]2(CO)O[C@H](CO)[C@@H](O)[C@@H]2O)[C@H](O)[C@@H](O)[C@@H]1O)c1ccccc1.[NaH]. The number of aliphatic hydroxyl groups excluding tert-OH is 7. The molecule has 1 aromatic rings. The van der Waals surface area contributed by atoms with Crippen molar-refractivity contribution in [3.63, 3.8) is 0 Å². The molecule has 2 aliphatic rings.